The van der Waals surface area contributed by atoms with Crippen LogP contribution < -0.4 is 4.90 Å². The first-order valence-electron chi connectivity index (χ1n) is 10.5. The lowest BCUT2D eigenvalue weighted by Crippen LogP contribution is -2.48. The van der Waals surface area contributed by atoms with Crippen LogP contribution in [0.15, 0.2) is 36.4 Å². The van der Waals surface area contributed by atoms with Crippen molar-refractivity contribution in [2.24, 2.45) is 0 Å². The molecule has 0 N–H and O–H groups in total. The lowest BCUT2D eigenvalue weighted by Gasteiger charge is -2.34. The van der Waals surface area contributed by atoms with Gasteiger partial charge in [-0.05, 0) is 25.8 Å². The summed E-state index contributed by atoms with van der Waals surface area (Å²) < 4.78 is 0. The molecule has 2 saturated heterocycles. The summed E-state index contributed by atoms with van der Waals surface area (Å²) in [6, 6.07) is 11.9. The van der Waals surface area contributed by atoms with Gasteiger partial charge in [-0.25, -0.2) is 9.97 Å². The van der Waals surface area contributed by atoms with E-state index in [2.05, 4.69) is 21.7 Å². The van der Waals surface area contributed by atoms with Gasteiger partial charge in [0.15, 0.2) is 5.82 Å². The number of likely N-dealkylation sites (N-methyl/N-ethyl adjacent to an activating group) is 1. The summed E-state index contributed by atoms with van der Waals surface area (Å²) in [5.74, 6) is 1.54. The van der Waals surface area contributed by atoms with Gasteiger partial charge < -0.3 is 14.7 Å². The fraction of sp³-hybridized carbons (Fsp3) is 0.500. The normalized spacial score (nSPS) is 18.3. The van der Waals surface area contributed by atoms with Crippen LogP contribution in [0.5, 0.6) is 0 Å². The summed E-state index contributed by atoms with van der Waals surface area (Å²) in [5, 5.41) is 0. The Bertz CT molecular complexity index is 796. The van der Waals surface area contributed by atoms with Crippen molar-refractivity contribution >= 4 is 11.7 Å². The summed E-state index contributed by atoms with van der Waals surface area (Å²) in [6.45, 7) is 8.57. The molecule has 2 aliphatic heterocycles. The lowest BCUT2D eigenvalue weighted by atomic mass is 10.1. The van der Waals surface area contributed by atoms with Crippen molar-refractivity contribution < 1.29 is 4.79 Å². The van der Waals surface area contributed by atoms with Crippen LogP contribution >= 0.6 is 0 Å². The molecule has 3 heterocycles. The van der Waals surface area contributed by atoms with E-state index < -0.39 is 0 Å². The zero-order chi connectivity index (χ0) is 19.3. The van der Waals surface area contributed by atoms with Crippen LogP contribution in [0.4, 0.5) is 5.82 Å². The number of aromatic nitrogens is 2. The number of amides is 1. The molecule has 1 aromatic carbocycles. The number of nitrogens with zero attached hydrogens (tertiary/aromatic N) is 5. The molecule has 1 amide bonds. The fourth-order valence-electron chi connectivity index (χ4n) is 3.97. The maximum Gasteiger partial charge on any atom is 0.272 e. The minimum absolute atomic E-state index is 0.0218. The molecule has 0 bridgehead atoms. The zero-order valence-electron chi connectivity index (χ0n) is 16.7. The van der Waals surface area contributed by atoms with Crippen LogP contribution in [0, 0.1) is 0 Å². The van der Waals surface area contributed by atoms with Gasteiger partial charge in [0.05, 0.1) is 0 Å². The molecular weight excluding hydrogens is 350 g/mol. The number of anilines is 1. The summed E-state index contributed by atoms with van der Waals surface area (Å²) in [4.78, 5) is 29.3. The zero-order valence-corrected chi connectivity index (χ0v) is 16.7. The highest BCUT2D eigenvalue weighted by Gasteiger charge is 2.24. The van der Waals surface area contributed by atoms with Crippen LogP contribution in [0.3, 0.4) is 0 Å². The molecule has 2 aliphatic rings. The smallest absolute Gasteiger partial charge is 0.272 e. The number of hydrogen-bond donors (Lipinski definition) is 0. The minimum atomic E-state index is 0.0218. The predicted octanol–water partition coefficient (Wildman–Crippen LogP) is 2.91. The molecule has 2 aromatic rings. The van der Waals surface area contributed by atoms with Gasteiger partial charge in [0.2, 0.25) is 0 Å². The van der Waals surface area contributed by atoms with Crippen molar-refractivity contribution in [3.05, 3.63) is 42.1 Å². The SMILES string of the molecule is CCN1CCN(C(=O)c2cc(N3CCCCC3)nc(-c3ccccc3)n2)CC1. The fourth-order valence-corrected chi connectivity index (χ4v) is 3.97. The molecule has 0 atom stereocenters. The van der Waals surface area contributed by atoms with Crippen molar-refractivity contribution in [3.63, 3.8) is 0 Å². The van der Waals surface area contributed by atoms with Crippen LogP contribution in [-0.4, -0.2) is 71.5 Å². The van der Waals surface area contributed by atoms with E-state index >= 15 is 0 Å². The Hall–Kier alpha value is -2.47. The van der Waals surface area contributed by atoms with Gasteiger partial charge in [0.1, 0.15) is 11.5 Å². The number of piperazine rings is 1. The van der Waals surface area contributed by atoms with Crippen LogP contribution in [0.1, 0.15) is 36.7 Å². The largest absolute Gasteiger partial charge is 0.356 e. The first-order valence-corrected chi connectivity index (χ1v) is 10.5. The molecule has 4 rings (SSSR count). The summed E-state index contributed by atoms with van der Waals surface area (Å²) in [5.41, 5.74) is 1.46. The molecular formula is C22H29N5O. The van der Waals surface area contributed by atoms with Crippen LogP contribution in [-0.2, 0) is 0 Å². The minimum Gasteiger partial charge on any atom is -0.356 e. The molecule has 1 aromatic heterocycles. The first kappa shape index (κ1) is 18.9. The number of piperidine rings is 1. The number of carbonyl (C=O) groups is 1. The van der Waals surface area contributed by atoms with Gasteiger partial charge in [0.25, 0.3) is 5.91 Å². The van der Waals surface area contributed by atoms with Gasteiger partial charge in [-0.15, -0.1) is 0 Å². The molecule has 0 saturated carbocycles. The highest BCUT2D eigenvalue weighted by Crippen LogP contribution is 2.23. The number of carbonyl (C=O) groups excluding carboxylic acids is 1. The second kappa shape index (κ2) is 8.69. The maximum atomic E-state index is 13.2. The van der Waals surface area contributed by atoms with Crippen molar-refractivity contribution in [2.75, 3.05) is 50.7 Å². The van der Waals surface area contributed by atoms with Gasteiger partial charge >= 0.3 is 0 Å². The molecule has 0 unspecified atom stereocenters. The van der Waals surface area contributed by atoms with Crippen molar-refractivity contribution in [1.29, 1.82) is 0 Å². The Morgan fingerprint density at radius 1 is 0.929 bits per heavy atom. The number of hydrogen-bond acceptors (Lipinski definition) is 5. The molecule has 148 valence electrons. The Morgan fingerprint density at radius 2 is 1.64 bits per heavy atom. The summed E-state index contributed by atoms with van der Waals surface area (Å²) in [7, 11) is 0. The predicted molar refractivity (Wildman–Crippen MR) is 112 cm³/mol. The summed E-state index contributed by atoms with van der Waals surface area (Å²) in [6.07, 6.45) is 3.61. The highest BCUT2D eigenvalue weighted by atomic mass is 16.2. The summed E-state index contributed by atoms with van der Waals surface area (Å²) >= 11 is 0. The molecule has 0 radical (unpaired) electrons. The second-order valence-electron chi connectivity index (χ2n) is 7.58. The average Bonchev–Trinajstić information content (AvgIpc) is 2.79. The van der Waals surface area contributed by atoms with E-state index in [1.54, 1.807) is 0 Å². The number of benzene rings is 1. The average molecular weight is 380 g/mol. The topological polar surface area (TPSA) is 52.6 Å². The Labute approximate surface area is 167 Å². The standard InChI is InChI=1S/C22H29N5O/c1-2-25-13-15-27(16-14-25)22(28)19-17-20(26-11-7-4-8-12-26)24-21(23-19)18-9-5-3-6-10-18/h3,5-6,9-10,17H,2,4,7-8,11-16H2,1H3. The lowest BCUT2D eigenvalue weighted by molar-refractivity contribution is 0.0637. The molecule has 2 fully saturated rings. The monoisotopic (exact) mass is 379 g/mol. The molecule has 6 heteroatoms. The van der Waals surface area contributed by atoms with Crippen molar-refractivity contribution in [1.82, 2.24) is 19.8 Å². The molecule has 0 spiro atoms. The van der Waals surface area contributed by atoms with E-state index in [1.165, 1.54) is 19.3 Å². The van der Waals surface area contributed by atoms with Gasteiger partial charge in [-0.1, -0.05) is 37.3 Å². The van der Waals surface area contributed by atoms with Gasteiger partial charge in [-0.3, -0.25) is 4.79 Å². The Balaban J connectivity index is 1.64. The Kier molecular flexibility index (Phi) is 5.86. The Morgan fingerprint density at radius 3 is 2.32 bits per heavy atom. The maximum absolute atomic E-state index is 13.2. The first-order chi connectivity index (χ1) is 13.7. The van der Waals surface area contributed by atoms with E-state index in [9.17, 15) is 4.79 Å². The van der Waals surface area contributed by atoms with E-state index in [0.29, 0.717) is 11.5 Å². The van der Waals surface area contributed by atoms with Crippen LogP contribution in [0.2, 0.25) is 0 Å². The molecule has 28 heavy (non-hydrogen) atoms. The van der Waals surface area contributed by atoms with Crippen LogP contribution in [0.25, 0.3) is 11.4 Å². The van der Waals surface area contributed by atoms with E-state index in [1.807, 2.05) is 41.3 Å². The van der Waals surface area contributed by atoms with Gasteiger partial charge in [0, 0.05) is 50.9 Å². The molecule has 6 nitrogen and oxygen atoms in total. The number of rotatable bonds is 4. The third kappa shape index (κ3) is 4.17. The van der Waals surface area contributed by atoms with E-state index in [4.69, 9.17) is 4.98 Å². The highest BCUT2D eigenvalue weighted by molar-refractivity contribution is 5.93. The third-order valence-electron chi connectivity index (χ3n) is 5.75. The second-order valence-corrected chi connectivity index (χ2v) is 7.58. The third-order valence-corrected chi connectivity index (χ3v) is 5.75. The van der Waals surface area contributed by atoms with E-state index in [-0.39, 0.29) is 5.91 Å². The quantitative estimate of drug-likeness (QED) is 0.818. The van der Waals surface area contributed by atoms with Gasteiger partial charge in [-0.2, -0.15) is 0 Å². The molecule has 0 aliphatic carbocycles. The van der Waals surface area contributed by atoms with Crippen molar-refractivity contribution in [2.45, 2.75) is 26.2 Å². The van der Waals surface area contributed by atoms with E-state index in [0.717, 1.165) is 57.2 Å². The van der Waals surface area contributed by atoms with Crippen molar-refractivity contribution in [3.8, 4) is 11.4 Å².